The summed E-state index contributed by atoms with van der Waals surface area (Å²) in [6.45, 7) is 10.1. The molecule has 3 aromatic rings. The van der Waals surface area contributed by atoms with Gasteiger partial charge >= 0.3 is 6.18 Å². The van der Waals surface area contributed by atoms with E-state index in [-0.39, 0.29) is 22.8 Å². The van der Waals surface area contributed by atoms with Gasteiger partial charge in [0.2, 0.25) is 5.95 Å². The number of aliphatic imine (C=N–C) groups is 1. The van der Waals surface area contributed by atoms with Crippen molar-refractivity contribution in [1.29, 1.82) is 0 Å². The SMILES string of the molecule is C=CNc1cnc(N2CCN(CCOC)CC2)nc1C(N)=Nc1cc(C(=O)Nc2ccc(OC)c(C(F)(F)F)c2)ccc1C. The second kappa shape index (κ2) is 14.2. The average molecular weight is 613 g/mol. The highest BCUT2D eigenvalue weighted by Crippen LogP contribution is 2.38. The molecule has 1 amide bonds. The highest BCUT2D eigenvalue weighted by molar-refractivity contribution is 6.06. The van der Waals surface area contributed by atoms with Crippen LogP contribution in [0.2, 0.25) is 0 Å². The smallest absolute Gasteiger partial charge is 0.420 e. The van der Waals surface area contributed by atoms with Crippen LogP contribution in [0.4, 0.5) is 36.2 Å². The number of amides is 1. The highest BCUT2D eigenvalue weighted by Gasteiger charge is 2.34. The summed E-state index contributed by atoms with van der Waals surface area (Å²) in [4.78, 5) is 31.2. The highest BCUT2D eigenvalue weighted by atomic mass is 19.4. The van der Waals surface area contributed by atoms with Crippen LogP contribution in [0.15, 0.2) is 60.4 Å². The number of methoxy groups -OCH3 is 2. The van der Waals surface area contributed by atoms with Gasteiger partial charge in [0.25, 0.3) is 5.91 Å². The molecular formula is C30H35F3N8O3. The molecule has 0 bridgehead atoms. The molecule has 4 rings (SSSR count). The van der Waals surface area contributed by atoms with Gasteiger partial charge in [-0.15, -0.1) is 0 Å². The maximum atomic E-state index is 13.5. The van der Waals surface area contributed by atoms with E-state index >= 15 is 0 Å². The normalized spacial score (nSPS) is 14.3. The standard InChI is InChI=1S/C30H35F3N8O3/c1-5-35-24-18-36-29(41-12-10-40(11-13-41)14-15-43-3)39-26(24)27(34)38-23-16-20(7-6-19(23)2)28(42)37-21-8-9-25(44-4)22(17-21)30(31,32)33/h5-9,16-18,35H,1,10-15H2,2-4H3,(H2,34,38)(H,37,42). The first-order valence-corrected chi connectivity index (χ1v) is 13.8. The lowest BCUT2D eigenvalue weighted by Gasteiger charge is -2.34. The Kier molecular flexibility index (Phi) is 10.4. The minimum atomic E-state index is -4.66. The van der Waals surface area contributed by atoms with Crippen molar-refractivity contribution in [3.05, 3.63) is 77.8 Å². The molecule has 0 saturated carbocycles. The summed E-state index contributed by atoms with van der Waals surface area (Å²) in [6.07, 6.45) is -1.57. The van der Waals surface area contributed by atoms with Gasteiger partial charge in [-0.05, 0) is 49.0 Å². The molecule has 1 aliphatic rings. The summed E-state index contributed by atoms with van der Waals surface area (Å²) in [7, 11) is 2.83. The zero-order valence-corrected chi connectivity index (χ0v) is 24.7. The first-order chi connectivity index (χ1) is 21.0. The molecule has 2 heterocycles. The Morgan fingerprint density at radius 3 is 2.57 bits per heavy atom. The van der Waals surface area contributed by atoms with Crippen LogP contribution in [-0.2, 0) is 10.9 Å². The Morgan fingerprint density at radius 1 is 1.16 bits per heavy atom. The van der Waals surface area contributed by atoms with Crippen molar-refractivity contribution < 1.29 is 27.4 Å². The molecule has 1 aliphatic heterocycles. The van der Waals surface area contributed by atoms with Crippen molar-refractivity contribution >= 4 is 34.8 Å². The summed E-state index contributed by atoms with van der Waals surface area (Å²) in [5.41, 5.74) is 7.54. The predicted octanol–water partition coefficient (Wildman–Crippen LogP) is 4.43. The van der Waals surface area contributed by atoms with Crippen LogP contribution in [-0.4, -0.2) is 80.2 Å². The second-order valence-corrected chi connectivity index (χ2v) is 9.97. The van der Waals surface area contributed by atoms with E-state index in [9.17, 15) is 18.0 Å². The number of nitrogens with two attached hydrogens (primary N) is 1. The van der Waals surface area contributed by atoms with Gasteiger partial charge in [0.05, 0.1) is 36.9 Å². The number of benzene rings is 2. The quantitative estimate of drug-likeness (QED) is 0.213. The molecule has 0 spiro atoms. The van der Waals surface area contributed by atoms with E-state index in [1.165, 1.54) is 18.3 Å². The minimum absolute atomic E-state index is 0.0403. The molecule has 4 N–H and O–H groups in total. The fraction of sp³-hybridized carbons (Fsp3) is 0.333. The third kappa shape index (κ3) is 7.82. The lowest BCUT2D eigenvalue weighted by Crippen LogP contribution is -2.48. The van der Waals surface area contributed by atoms with E-state index in [1.54, 1.807) is 32.4 Å². The number of ether oxygens (including phenoxy) is 2. The molecule has 11 nitrogen and oxygen atoms in total. The van der Waals surface area contributed by atoms with Crippen molar-refractivity contribution in [1.82, 2.24) is 14.9 Å². The zero-order chi connectivity index (χ0) is 31.9. The Balaban J connectivity index is 1.58. The van der Waals surface area contributed by atoms with Crippen LogP contribution >= 0.6 is 0 Å². The van der Waals surface area contributed by atoms with E-state index in [2.05, 4.69) is 37.0 Å². The first kappa shape index (κ1) is 32.2. The van der Waals surface area contributed by atoms with Gasteiger partial charge in [-0.3, -0.25) is 9.69 Å². The molecule has 0 radical (unpaired) electrons. The number of anilines is 3. The molecular weight excluding hydrogens is 577 g/mol. The largest absolute Gasteiger partial charge is 0.496 e. The first-order valence-electron chi connectivity index (χ1n) is 13.8. The number of halogens is 3. The van der Waals surface area contributed by atoms with E-state index in [1.807, 2.05) is 0 Å². The molecule has 1 fully saturated rings. The lowest BCUT2D eigenvalue weighted by molar-refractivity contribution is -0.138. The van der Waals surface area contributed by atoms with E-state index in [0.29, 0.717) is 35.2 Å². The molecule has 14 heteroatoms. The molecule has 44 heavy (non-hydrogen) atoms. The van der Waals surface area contributed by atoms with Crippen LogP contribution in [0.5, 0.6) is 5.75 Å². The van der Waals surface area contributed by atoms with E-state index in [0.717, 1.165) is 52.0 Å². The third-order valence-electron chi connectivity index (χ3n) is 7.02. The maximum Gasteiger partial charge on any atom is 0.420 e. The van der Waals surface area contributed by atoms with Crippen LogP contribution in [0.1, 0.15) is 27.2 Å². The van der Waals surface area contributed by atoms with E-state index in [4.69, 9.17) is 20.2 Å². The van der Waals surface area contributed by atoms with Crippen molar-refractivity contribution in [3.8, 4) is 5.75 Å². The van der Waals surface area contributed by atoms with Gasteiger partial charge in [0.15, 0.2) is 5.84 Å². The number of aryl methyl sites for hydroxylation is 1. The molecule has 1 saturated heterocycles. The Morgan fingerprint density at radius 2 is 1.91 bits per heavy atom. The molecule has 234 valence electrons. The number of carbonyl (C=O) groups is 1. The number of nitrogens with zero attached hydrogens (tertiary/aromatic N) is 5. The van der Waals surface area contributed by atoms with Crippen LogP contribution < -0.4 is 26.0 Å². The van der Waals surface area contributed by atoms with Crippen LogP contribution in [0.3, 0.4) is 0 Å². The number of hydrogen-bond acceptors (Lipinski definition) is 9. The number of piperazine rings is 1. The summed E-state index contributed by atoms with van der Waals surface area (Å²) >= 11 is 0. The summed E-state index contributed by atoms with van der Waals surface area (Å²) in [5.74, 6) is -0.397. The van der Waals surface area contributed by atoms with Crippen molar-refractivity contribution in [3.63, 3.8) is 0 Å². The lowest BCUT2D eigenvalue weighted by atomic mass is 10.1. The number of aromatic nitrogens is 2. The van der Waals surface area contributed by atoms with E-state index < -0.39 is 17.6 Å². The van der Waals surface area contributed by atoms with Gasteiger partial charge in [0.1, 0.15) is 11.4 Å². The van der Waals surface area contributed by atoms with Crippen molar-refractivity contribution in [2.45, 2.75) is 13.1 Å². The topological polar surface area (TPSA) is 130 Å². The maximum absolute atomic E-state index is 13.5. The number of amidine groups is 1. The number of alkyl halides is 3. The summed E-state index contributed by atoms with van der Waals surface area (Å²) in [5, 5.41) is 5.49. The van der Waals surface area contributed by atoms with Gasteiger partial charge in [0, 0.05) is 51.1 Å². The van der Waals surface area contributed by atoms with Gasteiger partial charge in [-0.1, -0.05) is 12.6 Å². The number of carbonyl (C=O) groups excluding carboxylic acids is 1. The molecule has 1 aromatic heterocycles. The Labute approximate surface area is 253 Å². The number of hydrogen-bond donors (Lipinski definition) is 3. The van der Waals surface area contributed by atoms with Crippen molar-refractivity contribution in [2.75, 3.05) is 69.1 Å². The summed E-state index contributed by atoms with van der Waals surface area (Å²) in [6, 6.07) is 8.03. The third-order valence-corrected chi connectivity index (χ3v) is 7.02. The number of rotatable bonds is 11. The van der Waals surface area contributed by atoms with Gasteiger partial charge in [-0.2, -0.15) is 13.2 Å². The molecule has 0 atom stereocenters. The fourth-order valence-electron chi connectivity index (χ4n) is 4.59. The summed E-state index contributed by atoms with van der Waals surface area (Å²) < 4.78 is 50.3. The monoisotopic (exact) mass is 612 g/mol. The minimum Gasteiger partial charge on any atom is -0.496 e. The molecule has 2 aromatic carbocycles. The average Bonchev–Trinajstić information content (AvgIpc) is 3.01. The number of nitrogens with one attached hydrogen (secondary N) is 2. The predicted molar refractivity (Wildman–Crippen MR) is 164 cm³/mol. The van der Waals surface area contributed by atoms with Gasteiger partial charge in [-0.25, -0.2) is 15.0 Å². The Bertz CT molecular complexity index is 1520. The molecule has 0 unspecified atom stereocenters. The Hall–Kier alpha value is -4.69. The molecule has 0 aliphatic carbocycles. The van der Waals surface area contributed by atoms with Crippen LogP contribution in [0.25, 0.3) is 0 Å². The van der Waals surface area contributed by atoms with Gasteiger partial charge < -0.3 is 30.7 Å². The second-order valence-electron chi connectivity index (χ2n) is 9.97. The van der Waals surface area contributed by atoms with Crippen molar-refractivity contribution in [2.24, 2.45) is 10.7 Å². The zero-order valence-electron chi connectivity index (χ0n) is 24.7. The van der Waals surface area contributed by atoms with Crippen LogP contribution in [0, 0.1) is 6.92 Å². The fourth-order valence-corrected chi connectivity index (χ4v) is 4.59.